The molecule has 0 fully saturated rings. The number of hydrogen-bond donors (Lipinski definition) is 0. The Hall–Kier alpha value is 1.27. The molecule has 32 valence electrons. The molecule has 0 aromatic rings. The van der Waals surface area contributed by atoms with Gasteiger partial charge in [0.25, 0.3) is 0 Å². The first kappa shape index (κ1) is 10.3. The van der Waals surface area contributed by atoms with Crippen molar-refractivity contribution in [3.8, 4) is 0 Å². The molecule has 0 amide bonds. The monoisotopic (exact) mass is 192 g/mol. The summed E-state index contributed by atoms with van der Waals surface area (Å²) >= 11 is 7.23. The second-order valence-corrected chi connectivity index (χ2v) is 4.49. The second kappa shape index (κ2) is 3.30. The summed E-state index contributed by atoms with van der Waals surface area (Å²) in [6, 6.07) is 0. The van der Waals surface area contributed by atoms with Crippen LogP contribution in [-0.2, 0) is 50.7 Å². The first-order chi connectivity index (χ1) is 2.00. The van der Waals surface area contributed by atoms with Gasteiger partial charge in [-0.25, -0.2) is 0 Å². The van der Waals surface area contributed by atoms with Crippen molar-refractivity contribution in [1.29, 1.82) is 0 Å². The Morgan fingerprint density at radius 2 is 1.17 bits per heavy atom. The third-order valence-electron chi connectivity index (χ3n) is 0. The first-order valence-electron chi connectivity index (χ1n) is 0.667. The van der Waals surface area contributed by atoms with Crippen molar-refractivity contribution < 1.29 is 27.9 Å². The zero-order valence-corrected chi connectivity index (χ0v) is 8.16. The van der Waals surface area contributed by atoms with E-state index in [-0.39, 0.29) is 19.5 Å². The minimum absolute atomic E-state index is 0. The van der Waals surface area contributed by atoms with Gasteiger partial charge in [0.1, 0.15) is 0 Å². The molecule has 6 heteroatoms. The molecular formula is O2S3Zn. The van der Waals surface area contributed by atoms with Gasteiger partial charge in [-0.1, -0.05) is 7.90 Å². The molecule has 0 radical (unpaired) electrons. The van der Waals surface area contributed by atoms with Gasteiger partial charge in [-0.15, -0.1) is 0 Å². The van der Waals surface area contributed by atoms with Gasteiger partial charge in [0.15, 0.2) is 0 Å². The Labute approximate surface area is 59.0 Å². The van der Waals surface area contributed by atoms with Crippen LogP contribution < -0.4 is 0 Å². The van der Waals surface area contributed by atoms with Gasteiger partial charge < -0.3 is 23.3 Å². The molecule has 0 heterocycles. The first-order valence-corrected chi connectivity index (χ1v) is 4.00. The van der Waals surface area contributed by atoms with E-state index in [0.29, 0.717) is 0 Å². The van der Waals surface area contributed by atoms with E-state index in [4.69, 9.17) is 0 Å². The normalized spacial score (nSPS) is 9.67. The van der Waals surface area contributed by atoms with E-state index in [2.05, 4.69) is 23.3 Å². The van der Waals surface area contributed by atoms with Crippen molar-refractivity contribution in [2.45, 2.75) is 0 Å². The minimum Gasteiger partial charge on any atom is -0.676 e. The quantitative estimate of drug-likeness (QED) is 0.290. The van der Waals surface area contributed by atoms with Crippen molar-refractivity contribution >= 4 is 31.2 Å². The van der Waals surface area contributed by atoms with Gasteiger partial charge in [-0.3, -0.25) is 8.42 Å². The van der Waals surface area contributed by atoms with Crippen LogP contribution in [0.15, 0.2) is 0 Å². The van der Waals surface area contributed by atoms with Crippen LogP contribution in [0.2, 0.25) is 0 Å². The molecule has 0 aliphatic carbocycles. The van der Waals surface area contributed by atoms with E-state index in [0.717, 1.165) is 0 Å². The van der Waals surface area contributed by atoms with Crippen LogP contribution >= 0.6 is 0 Å². The fourth-order valence-corrected chi connectivity index (χ4v) is 0. The van der Waals surface area contributed by atoms with Gasteiger partial charge in [0.05, 0.1) is 0 Å². The fourth-order valence-electron chi connectivity index (χ4n) is 0. The Balaban J connectivity index is 0. The van der Waals surface area contributed by atoms with E-state index in [1.165, 1.54) is 0 Å². The van der Waals surface area contributed by atoms with Gasteiger partial charge in [0.2, 0.25) is 0 Å². The van der Waals surface area contributed by atoms with Gasteiger partial charge >= 0.3 is 19.5 Å². The van der Waals surface area contributed by atoms with E-state index in [1.54, 1.807) is 0 Å². The smallest absolute Gasteiger partial charge is 0.676 e. The van der Waals surface area contributed by atoms with Crippen molar-refractivity contribution in [2.75, 3.05) is 0 Å². The van der Waals surface area contributed by atoms with Crippen molar-refractivity contribution in [2.24, 2.45) is 0 Å². The van der Waals surface area contributed by atoms with Crippen LogP contribution in [0.25, 0.3) is 0 Å². The van der Waals surface area contributed by atoms with Crippen LogP contribution in [0, 0.1) is 0 Å². The average molecular weight is 194 g/mol. The Bertz CT molecular complexity index is 92.0. The second-order valence-electron chi connectivity index (χ2n) is 0.408. The molecule has 0 bridgehead atoms. The predicted octanol–water partition coefficient (Wildman–Crippen LogP) is -0.677. The number of rotatable bonds is 0. The van der Waals surface area contributed by atoms with Crippen molar-refractivity contribution in [1.82, 2.24) is 0 Å². The predicted molar refractivity (Wildman–Crippen MR) is 23.6 cm³/mol. The van der Waals surface area contributed by atoms with Crippen LogP contribution in [0.4, 0.5) is 0 Å². The van der Waals surface area contributed by atoms with Gasteiger partial charge in [-0.05, 0) is 0 Å². The Kier molecular flexibility index (Phi) is 5.66. The molecule has 0 aliphatic rings. The molecule has 6 heavy (non-hydrogen) atoms. The summed E-state index contributed by atoms with van der Waals surface area (Å²) in [5.41, 5.74) is 0. The van der Waals surface area contributed by atoms with Crippen LogP contribution in [0.3, 0.4) is 0 Å². The SMILES string of the molecule is O=S(=O)([S-])[S-].[Zn+2]. The topological polar surface area (TPSA) is 34.1 Å². The van der Waals surface area contributed by atoms with Crippen LogP contribution in [-0.4, -0.2) is 8.42 Å². The Morgan fingerprint density at radius 3 is 1.17 bits per heavy atom. The summed E-state index contributed by atoms with van der Waals surface area (Å²) in [6.45, 7) is 0. The third-order valence-corrected chi connectivity index (χ3v) is 0. The molecule has 0 aromatic heterocycles. The number of hydrogen-bond acceptors (Lipinski definition) is 4. The van der Waals surface area contributed by atoms with Gasteiger partial charge in [0, 0.05) is 0 Å². The third kappa shape index (κ3) is 59.4. The standard InChI is InChI=1S/H2O2S3.Zn/c1-5(2,3)4;/h(H2,1,2,3,4);/q;+2/p-2. The van der Waals surface area contributed by atoms with E-state index in [9.17, 15) is 8.42 Å². The molecule has 0 saturated carbocycles. The van der Waals surface area contributed by atoms with E-state index in [1.807, 2.05) is 0 Å². The molecule has 0 N–H and O–H groups in total. The molecular weight excluding hydrogens is 194 g/mol. The van der Waals surface area contributed by atoms with Crippen molar-refractivity contribution in [3.63, 3.8) is 0 Å². The molecule has 0 rings (SSSR count). The van der Waals surface area contributed by atoms with E-state index >= 15 is 0 Å². The summed E-state index contributed by atoms with van der Waals surface area (Å²) in [5, 5.41) is 0. The zero-order chi connectivity index (χ0) is 4.50. The maximum absolute atomic E-state index is 9.26. The summed E-state index contributed by atoms with van der Waals surface area (Å²) < 4.78 is 18.5. The summed E-state index contributed by atoms with van der Waals surface area (Å²) in [7, 11) is -3.50. The fraction of sp³-hybridized carbons (Fsp3) is 0. The molecule has 0 aromatic carbocycles. The molecule has 0 saturated heterocycles. The maximum Gasteiger partial charge on any atom is 2.00 e. The van der Waals surface area contributed by atoms with Crippen LogP contribution in [0.5, 0.6) is 0 Å². The Morgan fingerprint density at radius 1 is 1.17 bits per heavy atom. The van der Waals surface area contributed by atoms with Crippen LogP contribution in [0.1, 0.15) is 0 Å². The molecule has 0 spiro atoms. The van der Waals surface area contributed by atoms with E-state index < -0.39 is 7.90 Å². The summed E-state index contributed by atoms with van der Waals surface area (Å²) in [6.07, 6.45) is 0. The minimum atomic E-state index is -3.50. The van der Waals surface area contributed by atoms with Crippen molar-refractivity contribution in [3.05, 3.63) is 0 Å². The molecule has 0 aliphatic heterocycles. The molecule has 2 nitrogen and oxygen atoms in total. The van der Waals surface area contributed by atoms with Gasteiger partial charge in [-0.2, -0.15) is 0 Å². The zero-order valence-electron chi connectivity index (χ0n) is 2.75. The maximum atomic E-state index is 9.26. The molecule has 0 unspecified atom stereocenters. The molecule has 0 atom stereocenters. The largest absolute Gasteiger partial charge is 2.00 e. The average Bonchev–Trinajstić information content (AvgIpc) is 0.722. The summed E-state index contributed by atoms with van der Waals surface area (Å²) in [5.74, 6) is 0. The summed E-state index contributed by atoms with van der Waals surface area (Å²) in [4.78, 5) is 0.